The van der Waals surface area contributed by atoms with Gasteiger partial charge in [0.15, 0.2) is 0 Å². The Kier molecular flexibility index (Phi) is 8.40. The second-order valence-electron chi connectivity index (χ2n) is 8.95. The van der Waals surface area contributed by atoms with E-state index in [4.69, 9.17) is 9.47 Å². The zero-order chi connectivity index (χ0) is 21.6. The highest BCUT2D eigenvalue weighted by molar-refractivity contribution is 6.64. The van der Waals surface area contributed by atoms with Crippen LogP contribution in [-0.2, 0) is 11.3 Å². The van der Waals surface area contributed by atoms with Gasteiger partial charge in [0.1, 0.15) is 11.4 Å². The highest BCUT2D eigenvalue weighted by Crippen LogP contribution is 2.25. The number of carbonyl (C=O) groups is 1. The van der Waals surface area contributed by atoms with Crippen molar-refractivity contribution in [3.63, 3.8) is 0 Å². The first-order valence-electron chi connectivity index (χ1n) is 10.7. The van der Waals surface area contributed by atoms with Gasteiger partial charge in [0.25, 0.3) is 0 Å². The number of amides is 1. The van der Waals surface area contributed by atoms with Gasteiger partial charge in [0, 0.05) is 31.2 Å². The molecule has 1 aromatic carbocycles. The predicted octanol–water partition coefficient (Wildman–Crippen LogP) is 3.17. The molecule has 0 aliphatic heterocycles. The van der Waals surface area contributed by atoms with Gasteiger partial charge in [-0.1, -0.05) is 19.0 Å². The van der Waals surface area contributed by atoms with Crippen LogP contribution in [0.4, 0.5) is 4.79 Å². The van der Waals surface area contributed by atoms with E-state index < -0.39 is 12.5 Å². The zero-order valence-electron chi connectivity index (χ0n) is 18.8. The Morgan fingerprint density at radius 2 is 1.93 bits per heavy atom. The smallest absolute Gasteiger partial charge is 0.410 e. The zero-order valence-corrected chi connectivity index (χ0v) is 18.8. The molecule has 0 saturated heterocycles. The molecule has 0 atom stereocenters. The van der Waals surface area contributed by atoms with Gasteiger partial charge in [0.05, 0.1) is 6.61 Å². The molecule has 0 aromatic heterocycles. The summed E-state index contributed by atoms with van der Waals surface area (Å²) in [7, 11) is 1.84. The molecule has 1 amide bonds. The van der Waals surface area contributed by atoms with Crippen LogP contribution in [0.1, 0.15) is 58.9 Å². The molecule has 2 rings (SSSR count). The maximum Gasteiger partial charge on any atom is 0.410 e. The topological polar surface area (TPSA) is 71.0 Å². The van der Waals surface area contributed by atoms with E-state index >= 15 is 0 Å². The molecule has 1 fully saturated rings. The highest BCUT2D eigenvalue weighted by Gasteiger charge is 2.29. The van der Waals surface area contributed by atoms with E-state index in [-0.39, 0.29) is 12.1 Å². The minimum absolute atomic E-state index is 0.223. The van der Waals surface area contributed by atoms with Crippen LogP contribution in [0.2, 0.25) is 6.82 Å². The third-order valence-corrected chi connectivity index (χ3v) is 5.37. The molecule has 1 aromatic rings. The van der Waals surface area contributed by atoms with Crippen molar-refractivity contribution in [3.05, 3.63) is 23.8 Å². The van der Waals surface area contributed by atoms with Crippen molar-refractivity contribution in [2.24, 2.45) is 0 Å². The maximum atomic E-state index is 12.3. The molecule has 162 valence electrons. The average molecular weight is 404 g/mol. The van der Waals surface area contributed by atoms with Crippen molar-refractivity contribution in [2.75, 3.05) is 13.7 Å². The van der Waals surface area contributed by atoms with Crippen LogP contribution in [0.25, 0.3) is 0 Å². The molecule has 0 bridgehead atoms. The van der Waals surface area contributed by atoms with Crippen molar-refractivity contribution >= 4 is 18.5 Å². The standard InChI is InChI=1S/C22H37BN2O4/c1-7-28-20-13-8-17(23(5)27)14-16(20)15-24-18-9-11-19(12-10-18)25(6)21(26)29-22(2,3)4/h8,13-14,18-19,24,27H,7,9-12,15H2,1-6H3. The van der Waals surface area contributed by atoms with Crippen LogP contribution in [-0.4, -0.2) is 54.3 Å². The van der Waals surface area contributed by atoms with Gasteiger partial charge in [-0.3, -0.25) is 0 Å². The van der Waals surface area contributed by atoms with E-state index in [0.29, 0.717) is 19.2 Å². The second-order valence-corrected chi connectivity index (χ2v) is 8.95. The summed E-state index contributed by atoms with van der Waals surface area (Å²) in [4.78, 5) is 14.0. The number of benzene rings is 1. The van der Waals surface area contributed by atoms with E-state index in [2.05, 4.69) is 5.32 Å². The Morgan fingerprint density at radius 3 is 2.48 bits per heavy atom. The fraction of sp³-hybridized carbons (Fsp3) is 0.682. The number of hydrogen-bond acceptors (Lipinski definition) is 5. The van der Waals surface area contributed by atoms with E-state index in [9.17, 15) is 9.82 Å². The SMILES string of the molecule is CCOc1ccc(B(C)O)cc1CNC1CCC(N(C)C(=O)OC(C)(C)C)CC1. The summed E-state index contributed by atoms with van der Waals surface area (Å²) >= 11 is 0. The summed E-state index contributed by atoms with van der Waals surface area (Å²) < 4.78 is 11.2. The van der Waals surface area contributed by atoms with Crippen molar-refractivity contribution < 1.29 is 19.3 Å². The first-order chi connectivity index (χ1) is 13.6. The molecule has 7 heteroatoms. The van der Waals surface area contributed by atoms with Crippen molar-refractivity contribution in [1.82, 2.24) is 10.2 Å². The Morgan fingerprint density at radius 1 is 1.28 bits per heavy atom. The molecule has 0 unspecified atom stereocenters. The summed E-state index contributed by atoms with van der Waals surface area (Å²) in [6.45, 7) is 10.2. The van der Waals surface area contributed by atoms with Crippen LogP contribution >= 0.6 is 0 Å². The number of rotatable bonds is 7. The molecule has 1 aliphatic carbocycles. The van der Waals surface area contributed by atoms with Gasteiger partial charge < -0.3 is 24.7 Å². The Hall–Kier alpha value is -1.73. The minimum atomic E-state index is -0.497. The van der Waals surface area contributed by atoms with Crippen LogP contribution < -0.4 is 15.5 Å². The summed E-state index contributed by atoms with van der Waals surface area (Å²) in [6, 6.07) is 6.50. The minimum Gasteiger partial charge on any atom is -0.494 e. The first-order valence-corrected chi connectivity index (χ1v) is 10.7. The van der Waals surface area contributed by atoms with E-state index in [0.717, 1.165) is 42.5 Å². The van der Waals surface area contributed by atoms with Crippen molar-refractivity contribution in [2.45, 2.75) is 84.4 Å². The molecule has 0 radical (unpaired) electrons. The molecule has 1 saturated carbocycles. The van der Waals surface area contributed by atoms with E-state index in [1.165, 1.54) is 0 Å². The molecule has 0 heterocycles. The monoisotopic (exact) mass is 404 g/mol. The molecular formula is C22H37BN2O4. The largest absolute Gasteiger partial charge is 0.494 e. The second kappa shape index (κ2) is 10.3. The van der Waals surface area contributed by atoms with Gasteiger partial charge in [-0.15, -0.1) is 0 Å². The first kappa shape index (κ1) is 23.6. The molecule has 29 heavy (non-hydrogen) atoms. The van der Waals surface area contributed by atoms with Crippen LogP contribution in [0.3, 0.4) is 0 Å². The molecular weight excluding hydrogens is 367 g/mol. The van der Waals surface area contributed by atoms with Crippen LogP contribution in [0.5, 0.6) is 5.75 Å². The van der Waals surface area contributed by atoms with Gasteiger partial charge >= 0.3 is 13.0 Å². The number of nitrogens with zero attached hydrogens (tertiary/aromatic N) is 1. The summed E-state index contributed by atoms with van der Waals surface area (Å²) in [6.07, 6.45) is 3.69. The average Bonchev–Trinajstić information content (AvgIpc) is 2.65. The molecule has 0 spiro atoms. The highest BCUT2D eigenvalue weighted by atomic mass is 16.6. The lowest BCUT2D eigenvalue weighted by Crippen LogP contribution is -2.45. The van der Waals surface area contributed by atoms with Crippen LogP contribution in [0.15, 0.2) is 18.2 Å². The molecule has 2 N–H and O–H groups in total. The lowest BCUT2D eigenvalue weighted by molar-refractivity contribution is 0.0179. The summed E-state index contributed by atoms with van der Waals surface area (Å²) in [5.74, 6) is 0.864. The van der Waals surface area contributed by atoms with Gasteiger partial charge in [-0.2, -0.15) is 0 Å². The van der Waals surface area contributed by atoms with Gasteiger partial charge in [0.2, 0.25) is 0 Å². The Labute approximate surface area is 176 Å². The summed E-state index contributed by atoms with van der Waals surface area (Å²) in [5, 5.41) is 13.5. The van der Waals surface area contributed by atoms with Crippen molar-refractivity contribution in [1.29, 1.82) is 0 Å². The number of ether oxygens (including phenoxy) is 2. The fourth-order valence-corrected chi connectivity index (χ4v) is 3.70. The third kappa shape index (κ3) is 7.23. The molecule has 1 aliphatic rings. The fourth-order valence-electron chi connectivity index (χ4n) is 3.70. The molecule has 6 nitrogen and oxygen atoms in total. The van der Waals surface area contributed by atoms with Gasteiger partial charge in [-0.25, -0.2) is 4.79 Å². The van der Waals surface area contributed by atoms with Crippen molar-refractivity contribution in [3.8, 4) is 5.75 Å². The normalized spacial score (nSPS) is 19.6. The third-order valence-electron chi connectivity index (χ3n) is 5.37. The summed E-state index contributed by atoms with van der Waals surface area (Å²) in [5.41, 5.74) is 1.49. The van der Waals surface area contributed by atoms with Gasteiger partial charge in [-0.05, 0) is 64.9 Å². The lowest BCUT2D eigenvalue weighted by atomic mass is 9.64. The van der Waals surface area contributed by atoms with E-state index in [1.54, 1.807) is 11.7 Å². The Bertz CT molecular complexity index is 667. The van der Waals surface area contributed by atoms with E-state index in [1.807, 2.05) is 52.9 Å². The predicted molar refractivity (Wildman–Crippen MR) is 118 cm³/mol. The number of nitrogens with one attached hydrogen (secondary N) is 1. The lowest BCUT2D eigenvalue weighted by Gasteiger charge is -2.36. The number of hydrogen-bond donors (Lipinski definition) is 2. The quantitative estimate of drug-likeness (QED) is 0.684. The maximum absolute atomic E-state index is 12.3. The Balaban J connectivity index is 1.88. The van der Waals surface area contributed by atoms with Crippen LogP contribution in [0, 0.1) is 0 Å². The number of carbonyl (C=O) groups excluding carboxylic acids is 1.